The van der Waals surface area contributed by atoms with Crippen LogP contribution in [0.2, 0.25) is 0 Å². The second-order valence-corrected chi connectivity index (χ2v) is 5.59. The smallest absolute Gasteiger partial charge is 0.248 e. The van der Waals surface area contributed by atoms with Crippen LogP contribution in [0.25, 0.3) is 6.08 Å². The summed E-state index contributed by atoms with van der Waals surface area (Å²) in [6, 6.07) is 13.0. The molecule has 0 saturated carbocycles. The van der Waals surface area contributed by atoms with Crippen molar-refractivity contribution >= 4 is 33.6 Å². The van der Waals surface area contributed by atoms with E-state index < -0.39 is 0 Å². The maximum absolute atomic E-state index is 12.0. The molecule has 2 aromatic rings. The summed E-state index contributed by atoms with van der Waals surface area (Å²) in [5.41, 5.74) is 1.59. The minimum Gasteiger partial charge on any atom is -0.493 e. The van der Waals surface area contributed by atoms with Crippen molar-refractivity contribution in [1.82, 2.24) is 0 Å². The van der Waals surface area contributed by atoms with Crippen molar-refractivity contribution in [3.8, 4) is 11.5 Å². The van der Waals surface area contributed by atoms with Crippen LogP contribution in [0.3, 0.4) is 0 Å². The van der Waals surface area contributed by atoms with Gasteiger partial charge in [-0.2, -0.15) is 0 Å². The van der Waals surface area contributed by atoms with E-state index in [2.05, 4.69) is 21.2 Å². The van der Waals surface area contributed by atoms with Gasteiger partial charge in [-0.05, 0) is 42.8 Å². The number of rotatable bonds is 6. The molecular weight excluding hydrogens is 358 g/mol. The normalized spacial score (nSPS) is 10.6. The van der Waals surface area contributed by atoms with Crippen LogP contribution in [-0.2, 0) is 4.79 Å². The minimum absolute atomic E-state index is 0.212. The van der Waals surface area contributed by atoms with Gasteiger partial charge in [0.1, 0.15) is 0 Å². The van der Waals surface area contributed by atoms with Gasteiger partial charge in [-0.3, -0.25) is 4.79 Å². The van der Waals surface area contributed by atoms with Crippen LogP contribution in [0.4, 0.5) is 5.69 Å². The van der Waals surface area contributed by atoms with Crippen molar-refractivity contribution in [2.24, 2.45) is 0 Å². The molecule has 4 nitrogen and oxygen atoms in total. The van der Waals surface area contributed by atoms with E-state index >= 15 is 0 Å². The average molecular weight is 376 g/mol. The molecular formula is C18H18BrNO3. The van der Waals surface area contributed by atoms with Crippen molar-refractivity contribution in [3.63, 3.8) is 0 Å². The molecule has 120 valence electrons. The van der Waals surface area contributed by atoms with Crippen molar-refractivity contribution < 1.29 is 14.3 Å². The lowest BCUT2D eigenvalue weighted by atomic mass is 10.2. The second kappa shape index (κ2) is 8.39. The molecule has 0 atom stereocenters. The van der Waals surface area contributed by atoms with Gasteiger partial charge in [0.2, 0.25) is 5.91 Å². The van der Waals surface area contributed by atoms with Crippen LogP contribution >= 0.6 is 15.9 Å². The SMILES string of the molecule is CCOc1ccc(NC(=O)/C=C/c2cccc(Br)c2)cc1OC. The van der Waals surface area contributed by atoms with Crippen molar-refractivity contribution in [3.05, 3.63) is 58.6 Å². The highest BCUT2D eigenvalue weighted by atomic mass is 79.9. The Morgan fingerprint density at radius 2 is 2.04 bits per heavy atom. The number of carbonyl (C=O) groups excluding carboxylic acids is 1. The fourth-order valence-electron chi connectivity index (χ4n) is 1.99. The highest BCUT2D eigenvalue weighted by Crippen LogP contribution is 2.30. The zero-order chi connectivity index (χ0) is 16.7. The van der Waals surface area contributed by atoms with Crippen LogP contribution in [0, 0.1) is 0 Å². The molecule has 1 N–H and O–H groups in total. The molecule has 23 heavy (non-hydrogen) atoms. The summed E-state index contributed by atoms with van der Waals surface area (Å²) in [7, 11) is 1.57. The quantitative estimate of drug-likeness (QED) is 0.755. The predicted octanol–water partition coefficient (Wildman–Crippen LogP) is 4.51. The third kappa shape index (κ3) is 5.14. The number of benzene rings is 2. The average Bonchev–Trinajstić information content (AvgIpc) is 2.54. The molecule has 0 heterocycles. The van der Waals surface area contributed by atoms with Gasteiger partial charge >= 0.3 is 0 Å². The van der Waals surface area contributed by atoms with Crippen LogP contribution < -0.4 is 14.8 Å². The maximum atomic E-state index is 12.0. The lowest BCUT2D eigenvalue weighted by molar-refractivity contribution is -0.111. The summed E-state index contributed by atoms with van der Waals surface area (Å²) >= 11 is 3.40. The number of anilines is 1. The van der Waals surface area contributed by atoms with E-state index in [1.165, 1.54) is 6.08 Å². The fourth-order valence-corrected chi connectivity index (χ4v) is 2.40. The first kappa shape index (κ1) is 17.1. The van der Waals surface area contributed by atoms with Crippen LogP contribution in [0.5, 0.6) is 11.5 Å². The number of halogens is 1. The first-order valence-electron chi connectivity index (χ1n) is 7.18. The van der Waals surface area contributed by atoms with Gasteiger partial charge in [-0.15, -0.1) is 0 Å². The first-order valence-corrected chi connectivity index (χ1v) is 7.97. The third-order valence-corrected chi connectivity index (χ3v) is 3.50. The van der Waals surface area contributed by atoms with Crippen molar-refractivity contribution in [2.45, 2.75) is 6.92 Å². The molecule has 1 amide bonds. The molecule has 0 aliphatic carbocycles. The molecule has 0 saturated heterocycles. The second-order valence-electron chi connectivity index (χ2n) is 4.68. The monoisotopic (exact) mass is 375 g/mol. The summed E-state index contributed by atoms with van der Waals surface area (Å²) in [6.07, 6.45) is 3.25. The lowest BCUT2D eigenvalue weighted by Crippen LogP contribution is -2.08. The molecule has 0 fully saturated rings. The Bertz CT molecular complexity index is 713. The van der Waals surface area contributed by atoms with Gasteiger partial charge in [-0.25, -0.2) is 0 Å². The predicted molar refractivity (Wildman–Crippen MR) is 96.0 cm³/mol. The highest BCUT2D eigenvalue weighted by molar-refractivity contribution is 9.10. The van der Waals surface area contributed by atoms with E-state index in [9.17, 15) is 4.79 Å². The van der Waals surface area contributed by atoms with E-state index in [4.69, 9.17) is 9.47 Å². The standard InChI is InChI=1S/C18H18BrNO3/c1-3-23-16-9-8-15(12-17(16)22-2)20-18(21)10-7-13-5-4-6-14(19)11-13/h4-12H,3H2,1-2H3,(H,20,21)/b10-7+. The number of hydrogen-bond acceptors (Lipinski definition) is 3. The molecule has 2 rings (SSSR count). The van der Waals surface area contributed by atoms with E-state index in [1.807, 2.05) is 31.2 Å². The molecule has 0 radical (unpaired) electrons. The number of amides is 1. The number of carbonyl (C=O) groups is 1. The molecule has 5 heteroatoms. The largest absolute Gasteiger partial charge is 0.493 e. The Morgan fingerprint density at radius 1 is 1.22 bits per heavy atom. The van der Waals surface area contributed by atoms with Crippen molar-refractivity contribution in [1.29, 1.82) is 0 Å². The Morgan fingerprint density at radius 3 is 2.74 bits per heavy atom. The zero-order valence-electron chi connectivity index (χ0n) is 13.0. The molecule has 0 aliphatic rings. The maximum Gasteiger partial charge on any atom is 0.248 e. The first-order chi connectivity index (χ1) is 11.1. The van der Waals surface area contributed by atoms with Crippen LogP contribution in [0.1, 0.15) is 12.5 Å². The summed E-state index contributed by atoms with van der Waals surface area (Å²) in [5, 5.41) is 2.80. The van der Waals surface area contributed by atoms with Gasteiger partial charge in [0, 0.05) is 22.3 Å². The van der Waals surface area contributed by atoms with Gasteiger partial charge < -0.3 is 14.8 Å². The Hall–Kier alpha value is -2.27. The Labute approximate surface area is 144 Å². The van der Waals surface area contributed by atoms with E-state index in [-0.39, 0.29) is 5.91 Å². The van der Waals surface area contributed by atoms with Crippen LogP contribution in [-0.4, -0.2) is 19.6 Å². The zero-order valence-corrected chi connectivity index (χ0v) is 14.6. The van der Waals surface area contributed by atoms with Gasteiger partial charge in [0.15, 0.2) is 11.5 Å². The summed E-state index contributed by atoms with van der Waals surface area (Å²) in [5.74, 6) is 1.02. The van der Waals surface area contributed by atoms with Gasteiger partial charge in [0.05, 0.1) is 13.7 Å². The fraction of sp³-hybridized carbons (Fsp3) is 0.167. The molecule has 0 bridgehead atoms. The van der Waals surface area contributed by atoms with Gasteiger partial charge in [0.25, 0.3) is 0 Å². The summed E-state index contributed by atoms with van der Waals surface area (Å²) in [6.45, 7) is 2.46. The minimum atomic E-state index is -0.212. The molecule has 0 spiro atoms. The molecule has 0 aromatic heterocycles. The van der Waals surface area contributed by atoms with Gasteiger partial charge in [-0.1, -0.05) is 28.1 Å². The molecule has 0 aliphatic heterocycles. The number of nitrogens with one attached hydrogen (secondary N) is 1. The summed E-state index contributed by atoms with van der Waals surface area (Å²) in [4.78, 5) is 12.0. The summed E-state index contributed by atoms with van der Waals surface area (Å²) < 4.78 is 11.7. The van der Waals surface area contributed by atoms with Crippen LogP contribution in [0.15, 0.2) is 53.0 Å². The highest BCUT2D eigenvalue weighted by Gasteiger charge is 2.06. The third-order valence-electron chi connectivity index (χ3n) is 3.01. The van der Waals surface area contributed by atoms with E-state index in [0.717, 1.165) is 10.0 Å². The lowest BCUT2D eigenvalue weighted by Gasteiger charge is -2.11. The number of methoxy groups -OCH3 is 1. The Kier molecular flexibility index (Phi) is 6.23. The van der Waals surface area contributed by atoms with E-state index in [1.54, 1.807) is 31.4 Å². The van der Waals surface area contributed by atoms with E-state index in [0.29, 0.717) is 23.8 Å². The number of ether oxygens (including phenoxy) is 2. The molecule has 0 unspecified atom stereocenters. The Balaban J connectivity index is 2.05. The molecule has 2 aromatic carbocycles. The topological polar surface area (TPSA) is 47.6 Å². The number of hydrogen-bond donors (Lipinski definition) is 1. The van der Waals surface area contributed by atoms with Crippen molar-refractivity contribution in [2.75, 3.05) is 19.0 Å².